The summed E-state index contributed by atoms with van der Waals surface area (Å²) >= 11 is 0. The van der Waals surface area contributed by atoms with E-state index in [0.29, 0.717) is 32.5 Å². The molecule has 52 heavy (non-hydrogen) atoms. The molecule has 5 atom stereocenters. The number of nitrogens with zero attached hydrogens (tertiary/aromatic N) is 1. The number of carbonyl (C=O) groups excluding carboxylic acids is 2. The van der Waals surface area contributed by atoms with Gasteiger partial charge in [-0.1, -0.05) is 97.4 Å². The second-order valence-corrected chi connectivity index (χ2v) is 13.8. The van der Waals surface area contributed by atoms with Crippen LogP contribution in [-0.2, 0) is 32.2 Å². The minimum absolute atomic E-state index is 0.0169. The summed E-state index contributed by atoms with van der Waals surface area (Å²) in [6, 6.07) is 33.8. The number of rotatable bonds is 17. The zero-order valence-corrected chi connectivity index (χ0v) is 30.5. The topological polar surface area (TPSA) is 120 Å². The van der Waals surface area contributed by atoms with Crippen molar-refractivity contribution in [1.82, 2.24) is 15.5 Å². The summed E-state index contributed by atoms with van der Waals surface area (Å²) in [6.07, 6.45) is 1.96. The average molecular weight is 708 g/mol. The average Bonchev–Trinajstić information content (AvgIpc) is 3.18. The maximum atomic E-state index is 12.5. The first-order valence-electron chi connectivity index (χ1n) is 18.3. The van der Waals surface area contributed by atoms with Gasteiger partial charge in [0.1, 0.15) is 0 Å². The van der Waals surface area contributed by atoms with Crippen molar-refractivity contribution in [2.24, 2.45) is 0 Å². The molecule has 1 aliphatic heterocycles. The lowest BCUT2D eigenvalue weighted by Gasteiger charge is -2.39. The number of ether oxygens (including phenoxy) is 2. The third-order valence-electron chi connectivity index (χ3n) is 9.76. The highest BCUT2D eigenvalue weighted by atomic mass is 16.7. The van der Waals surface area contributed by atoms with E-state index in [1.165, 1.54) is 6.92 Å². The number of hydrogen-bond acceptors (Lipinski definition) is 7. The Bertz CT molecular complexity index is 1720. The summed E-state index contributed by atoms with van der Waals surface area (Å²) < 4.78 is 13.3. The summed E-state index contributed by atoms with van der Waals surface area (Å²) in [6.45, 7) is 5.20. The molecule has 5 rings (SSSR count). The molecule has 0 radical (unpaired) electrons. The van der Waals surface area contributed by atoms with E-state index in [2.05, 4.69) is 39.8 Å². The molecule has 4 aromatic rings. The summed E-state index contributed by atoms with van der Waals surface area (Å²) in [7, 11) is 2.02. The first kappa shape index (κ1) is 38.8. The van der Waals surface area contributed by atoms with Gasteiger partial charge in [-0.3, -0.25) is 14.5 Å². The van der Waals surface area contributed by atoms with Crippen LogP contribution in [0.4, 0.5) is 0 Å². The minimum Gasteiger partial charge on any atom is -0.392 e. The van der Waals surface area contributed by atoms with Gasteiger partial charge in [0.05, 0.1) is 24.9 Å². The van der Waals surface area contributed by atoms with Gasteiger partial charge in [0.25, 0.3) is 0 Å². The zero-order valence-electron chi connectivity index (χ0n) is 30.5. The molecule has 0 aromatic heterocycles. The first-order valence-corrected chi connectivity index (χ1v) is 18.3. The van der Waals surface area contributed by atoms with Gasteiger partial charge in [-0.05, 0) is 72.3 Å². The minimum atomic E-state index is -0.642. The molecule has 0 spiro atoms. The summed E-state index contributed by atoms with van der Waals surface area (Å²) in [5.41, 5.74) is 6.69. The van der Waals surface area contributed by atoms with E-state index in [1.54, 1.807) is 0 Å². The molecule has 4 N–H and O–H groups in total. The van der Waals surface area contributed by atoms with Crippen molar-refractivity contribution in [3.8, 4) is 11.1 Å². The Labute approximate surface area is 308 Å². The lowest BCUT2D eigenvalue weighted by Crippen LogP contribution is -2.43. The maximum Gasteiger partial charge on any atom is 0.220 e. The van der Waals surface area contributed by atoms with Gasteiger partial charge in [0.2, 0.25) is 11.8 Å². The van der Waals surface area contributed by atoms with Crippen LogP contribution >= 0.6 is 0 Å². The number of carbonyl (C=O) groups is 2. The van der Waals surface area contributed by atoms with Crippen LogP contribution in [-0.4, -0.2) is 59.2 Å². The highest BCUT2D eigenvalue weighted by molar-refractivity contribution is 5.76. The monoisotopic (exact) mass is 707 g/mol. The van der Waals surface area contributed by atoms with Gasteiger partial charge in [-0.2, -0.15) is 0 Å². The number of benzene rings is 4. The Morgan fingerprint density at radius 3 is 2.29 bits per heavy atom. The first-order chi connectivity index (χ1) is 25.2. The summed E-state index contributed by atoms with van der Waals surface area (Å²) in [5.74, 6) is -0.0138. The number of unbranched alkanes of at least 4 members (excludes halogenated alkanes) is 2. The standard InChI is InChI=1S/C43H53N3O6/c1-30(42(50)35-13-6-4-7-14-35)46(3)28-39-26-40(34-21-19-32(29-47)20-22-34)52-43(51-39)38-17-11-16-37(25-38)36-15-10-12-33(24-36)27-45-41(49)18-8-5-9-23-44-31(2)48/h4,6-7,10-17,19-22,24-25,30,39-40,42-43,47,50H,5,8-9,18,23,26-29H2,1-3H3,(H,44,48)(H,45,49)/t30-,39-,40+,42-,43+/m0/s1. The number of nitrogens with one attached hydrogen (secondary N) is 2. The molecule has 1 fully saturated rings. The molecule has 0 aliphatic carbocycles. The Kier molecular flexibility index (Phi) is 14.5. The van der Waals surface area contributed by atoms with E-state index >= 15 is 0 Å². The van der Waals surface area contributed by atoms with Crippen LogP contribution in [0.5, 0.6) is 0 Å². The Hall–Kier alpha value is -4.38. The quantitative estimate of drug-likeness (QED) is 0.0896. The second kappa shape index (κ2) is 19.5. The fourth-order valence-electron chi connectivity index (χ4n) is 6.56. The maximum absolute atomic E-state index is 12.5. The van der Waals surface area contributed by atoms with Crippen LogP contribution in [0.1, 0.15) is 92.3 Å². The second-order valence-electron chi connectivity index (χ2n) is 13.8. The predicted molar refractivity (Wildman–Crippen MR) is 203 cm³/mol. The van der Waals surface area contributed by atoms with Crippen molar-refractivity contribution in [1.29, 1.82) is 0 Å². The number of aliphatic hydroxyl groups excluding tert-OH is 2. The molecule has 9 heteroatoms. The highest BCUT2D eigenvalue weighted by Crippen LogP contribution is 2.39. The number of likely N-dealkylation sites (N-methyl/N-ethyl adjacent to an activating group) is 1. The van der Waals surface area contributed by atoms with E-state index in [-0.39, 0.29) is 36.7 Å². The Balaban J connectivity index is 1.26. The fourth-order valence-corrected chi connectivity index (χ4v) is 6.56. The molecule has 9 nitrogen and oxygen atoms in total. The van der Waals surface area contributed by atoms with Gasteiger partial charge in [0.15, 0.2) is 6.29 Å². The summed E-state index contributed by atoms with van der Waals surface area (Å²) in [5, 5.41) is 26.6. The Morgan fingerprint density at radius 1 is 0.827 bits per heavy atom. The molecular weight excluding hydrogens is 654 g/mol. The van der Waals surface area contributed by atoms with Gasteiger partial charge in [0, 0.05) is 51.0 Å². The van der Waals surface area contributed by atoms with Gasteiger partial charge < -0.3 is 30.3 Å². The number of hydrogen-bond donors (Lipinski definition) is 4. The van der Waals surface area contributed by atoms with Crippen molar-refractivity contribution in [2.75, 3.05) is 20.1 Å². The molecule has 1 aliphatic rings. The lowest BCUT2D eigenvalue weighted by atomic mass is 9.97. The fraction of sp³-hybridized carbons (Fsp3) is 0.395. The molecule has 4 aromatic carbocycles. The summed E-state index contributed by atoms with van der Waals surface area (Å²) in [4.78, 5) is 25.6. The molecular formula is C43H53N3O6. The van der Waals surface area contributed by atoms with E-state index in [1.807, 2.05) is 92.8 Å². The molecule has 1 saturated heterocycles. The van der Waals surface area contributed by atoms with E-state index in [9.17, 15) is 19.8 Å². The SMILES string of the molecule is CC(=O)NCCCCCC(=O)NCc1cccc(-c2cccc([C@@H]3O[C@H](CN(C)[C@@H](C)[C@H](O)c4ccccc4)C[C@H](c4ccc(CO)cc4)O3)c2)c1. The van der Waals surface area contributed by atoms with Crippen molar-refractivity contribution < 1.29 is 29.3 Å². The molecule has 1 heterocycles. The van der Waals surface area contributed by atoms with Crippen LogP contribution in [0.25, 0.3) is 11.1 Å². The van der Waals surface area contributed by atoms with Crippen LogP contribution in [0.3, 0.4) is 0 Å². The van der Waals surface area contributed by atoms with Crippen LogP contribution in [0.2, 0.25) is 0 Å². The Morgan fingerprint density at radius 2 is 1.56 bits per heavy atom. The van der Waals surface area contributed by atoms with Crippen molar-refractivity contribution in [3.05, 3.63) is 131 Å². The lowest BCUT2D eigenvalue weighted by molar-refractivity contribution is -0.253. The molecule has 0 bridgehead atoms. The normalized spacial score (nSPS) is 18.5. The van der Waals surface area contributed by atoms with Gasteiger partial charge in [-0.25, -0.2) is 0 Å². The molecule has 0 unspecified atom stereocenters. The predicted octanol–water partition coefficient (Wildman–Crippen LogP) is 6.76. The van der Waals surface area contributed by atoms with Crippen LogP contribution < -0.4 is 10.6 Å². The molecule has 2 amide bonds. The molecule has 276 valence electrons. The van der Waals surface area contributed by atoms with Crippen molar-refractivity contribution in [3.63, 3.8) is 0 Å². The van der Waals surface area contributed by atoms with Crippen LogP contribution in [0, 0.1) is 0 Å². The third-order valence-corrected chi connectivity index (χ3v) is 9.76. The van der Waals surface area contributed by atoms with Gasteiger partial charge >= 0.3 is 0 Å². The molecule has 0 saturated carbocycles. The number of amides is 2. The number of aliphatic hydroxyl groups is 2. The van der Waals surface area contributed by atoms with Crippen LogP contribution in [0.15, 0.2) is 103 Å². The smallest absolute Gasteiger partial charge is 0.220 e. The van der Waals surface area contributed by atoms with Crippen molar-refractivity contribution >= 4 is 11.8 Å². The van der Waals surface area contributed by atoms with Gasteiger partial charge in [-0.15, -0.1) is 0 Å². The van der Waals surface area contributed by atoms with E-state index in [0.717, 1.165) is 58.2 Å². The largest absolute Gasteiger partial charge is 0.392 e. The van der Waals surface area contributed by atoms with E-state index in [4.69, 9.17) is 9.47 Å². The third kappa shape index (κ3) is 11.3. The van der Waals surface area contributed by atoms with Crippen molar-refractivity contribution in [2.45, 2.75) is 89.7 Å². The highest BCUT2D eigenvalue weighted by Gasteiger charge is 2.34. The van der Waals surface area contributed by atoms with E-state index < -0.39 is 12.4 Å². The zero-order chi connectivity index (χ0) is 36.9.